The van der Waals surface area contributed by atoms with Crippen molar-refractivity contribution in [1.29, 1.82) is 0 Å². The molecule has 1 saturated carbocycles. The molecular formula is C12H25NO. The normalized spacial score (nSPS) is 30.2. The lowest BCUT2D eigenvalue weighted by Gasteiger charge is -2.31. The van der Waals surface area contributed by atoms with Gasteiger partial charge in [0, 0.05) is 12.0 Å². The van der Waals surface area contributed by atoms with E-state index in [1.807, 2.05) is 0 Å². The van der Waals surface area contributed by atoms with Gasteiger partial charge in [-0.1, -0.05) is 6.42 Å². The van der Waals surface area contributed by atoms with Gasteiger partial charge in [-0.15, -0.1) is 0 Å². The third-order valence-electron chi connectivity index (χ3n) is 3.28. The second-order valence-corrected chi connectivity index (χ2v) is 5.02. The first kappa shape index (κ1) is 12.0. The zero-order chi connectivity index (χ0) is 10.7. The molecule has 0 bridgehead atoms. The summed E-state index contributed by atoms with van der Waals surface area (Å²) in [6.07, 6.45) is 4.79. The highest BCUT2D eigenvalue weighted by Gasteiger charge is 2.33. The first-order chi connectivity index (χ1) is 6.52. The fourth-order valence-corrected chi connectivity index (χ4v) is 2.69. The van der Waals surface area contributed by atoms with Crippen molar-refractivity contribution in [3.05, 3.63) is 0 Å². The van der Waals surface area contributed by atoms with E-state index in [1.54, 1.807) is 0 Å². The third-order valence-corrected chi connectivity index (χ3v) is 3.28. The standard InChI is InChI=1S/C12H25NO/c1-9(2)14-10(3)11-7-6-8-12(11)13(4)5/h9-12H,6-8H2,1-5H3/t10-,11-,12-/m0/s1. The van der Waals surface area contributed by atoms with E-state index in [0.29, 0.717) is 12.2 Å². The molecule has 84 valence electrons. The van der Waals surface area contributed by atoms with Gasteiger partial charge in [-0.25, -0.2) is 0 Å². The minimum Gasteiger partial charge on any atom is -0.376 e. The summed E-state index contributed by atoms with van der Waals surface area (Å²) in [5.41, 5.74) is 0. The highest BCUT2D eigenvalue weighted by Crippen LogP contribution is 2.32. The summed E-state index contributed by atoms with van der Waals surface area (Å²) in [5, 5.41) is 0. The van der Waals surface area contributed by atoms with Gasteiger partial charge in [0.15, 0.2) is 0 Å². The van der Waals surface area contributed by atoms with E-state index in [0.717, 1.165) is 12.0 Å². The van der Waals surface area contributed by atoms with Crippen LogP contribution in [0.2, 0.25) is 0 Å². The Bertz CT molecular complexity index is 168. The van der Waals surface area contributed by atoms with Crippen LogP contribution in [0, 0.1) is 5.92 Å². The molecule has 2 heteroatoms. The first-order valence-electron chi connectivity index (χ1n) is 5.84. The molecule has 0 radical (unpaired) electrons. The van der Waals surface area contributed by atoms with Gasteiger partial charge in [-0.3, -0.25) is 0 Å². The summed E-state index contributed by atoms with van der Waals surface area (Å²) in [4.78, 5) is 2.36. The fourth-order valence-electron chi connectivity index (χ4n) is 2.69. The molecule has 0 aliphatic heterocycles. The molecule has 1 fully saturated rings. The van der Waals surface area contributed by atoms with E-state index in [9.17, 15) is 0 Å². The number of hydrogen-bond donors (Lipinski definition) is 0. The molecule has 3 atom stereocenters. The maximum absolute atomic E-state index is 5.89. The predicted octanol–water partition coefficient (Wildman–Crippen LogP) is 2.53. The second-order valence-electron chi connectivity index (χ2n) is 5.02. The highest BCUT2D eigenvalue weighted by atomic mass is 16.5. The monoisotopic (exact) mass is 199 g/mol. The van der Waals surface area contributed by atoms with E-state index in [-0.39, 0.29) is 0 Å². The average Bonchev–Trinajstić information content (AvgIpc) is 2.49. The fraction of sp³-hybridized carbons (Fsp3) is 1.00. The molecule has 1 rings (SSSR count). The van der Waals surface area contributed by atoms with Crippen molar-refractivity contribution in [2.24, 2.45) is 5.92 Å². The average molecular weight is 199 g/mol. The highest BCUT2D eigenvalue weighted by molar-refractivity contribution is 4.86. The van der Waals surface area contributed by atoms with E-state index in [2.05, 4.69) is 39.8 Å². The van der Waals surface area contributed by atoms with Gasteiger partial charge in [0.25, 0.3) is 0 Å². The SMILES string of the molecule is CC(C)O[C@@H](C)[C@@H]1CCC[C@@H]1N(C)C. The number of ether oxygens (including phenoxy) is 1. The molecule has 0 aromatic rings. The van der Waals surface area contributed by atoms with Crippen LogP contribution in [0.3, 0.4) is 0 Å². The summed E-state index contributed by atoms with van der Waals surface area (Å²) < 4.78 is 5.89. The molecule has 0 spiro atoms. The molecule has 14 heavy (non-hydrogen) atoms. The van der Waals surface area contributed by atoms with Crippen molar-refractivity contribution < 1.29 is 4.74 Å². The van der Waals surface area contributed by atoms with Crippen molar-refractivity contribution in [1.82, 2.24) is 4.90 Å². The van der Waals surface area contributed by atoms with Crippen LogP contribution in [-0.2, 0) is 4.74 Å². The lowest BCUT2D eigenvalue weighted by molar-refractivity contribution is -0.0286. The van der Waals surface area contributed by atoms with E-state index < -0.39 is 0 Å². The Morgan fingerprint density at radius 3 is 2.29 bits per heavy atom. The lowest BCUT2D eigenvalue weighted by atomic mass is 9.97. The quantitative estimate of drug-likeness (QED) is 0.690. The van der Waals surface area contributed by atoms with E-state index in [4.69, 9.17) is 4.74 Å². The zero-order valence-electron chi connectivity index (χ0n) is 10.3. The van der Waals surface area contributed by atoms with Crippen LogP contribution in [0.4, 0.5) is 0 Å². The summed E-state index contributed by atoms with van der Waals surface area (Å²) in [5.74, 6) is 0.729. The van der Waals surface area contributed by atoms with Crippen molar-refractivity contribution in [2.75, 3.05) is 14.1 Å². The van der Waals surface area contributed by atoms with Crippen molar-refractivity contribution >= 4 is 0 Å². The lowest BCUT2D eigenvalue weighted by Crippen LogP contribution is -2.38. The van der Waals surface area contributed by atoms with Crippen LogP contribution in [-0.4, -0.2) is 37.2 Å². The molecule has 0 aromatic heterocycles. The van der Waals surface area contributed by atoms with Crippen LogP contribution in [0.1, 0.15) is 40.0 Å². The Kier molecular flexibility index (Phi) is 4.39. The van der Waals surface area contributed by atoms with E-state index in [1.165, 1.54) is 19.3 Å². The Balaban J connectivity index is 2.49. The minimum absolute atomic E-state index is 0.355. The largest absolute Gasteiger partial charge is 0.376 e. The Morgan fingerprint density at radius 2 is 1.79 bits per heavy atom. The zero-order valence-corrected chi connectivity index (χ0v) is 10.3. The molecule has 0 N–H and O–H groups in total. The van der Waals surface area contributed by atoms with E-state index >= 15 is 0 Å². The van der Waals surface area contributed by atoms with Crippen LogP contribution < -0.4 is 0 Å². The van der Waals surface area contributed by atoms with Gasteiger partial charge in [-0.05, 0) is 47.7 Å². The summed E-state index contributed by atoms with van der Waals surface area (Å²) in [6.45, 7) is 6.47. The topological polar surface area (TPSA) is 12.5 Å². The van der Waals surface area contributed by atoms with Crippen molar-refractivity contribution in [3.8, 4) is 0 Å². The van der Waals surface area contributed by atoms with Crippen LogP contribution >= 0.6 is 0 Å². The Morgan fingerprint density at radius 1 is 1.14 bits per heavy atom. The molecule has 0 unspecified atom stereocenters. The Hall–Kier alpha value is -0.0800. The van der Waals surface area contributed by atoms with Crippen LogP contribution in [0.5, 0.6) is 0 Å². The molecule has 0 amide bonds. The smallest absolute Gasteiger partial charge is 0.0593 e. The van der Waals surface area contributed by atoms with Gasteiger partial charge in [0.2, 0.25) is 0 Å². The van der Waals surface area contributed by atoms with Gasteiger partial charge in [0.05, 0.1) is 12.2 Å². The number of rotatable bonds is 4. The molecule has 0 saturated heterocycles. The summed E-state index contributed by atoms with van der Waals surface area (Å²) in [6, 6.07) is 0.726. The summed E-state index contributed by atoms with van der Waals surface area (Å²) >= 11 is 0. The minimum atomic E-state index is 0.355. The molecule has 1 aliphatic rings. The Labute approximate surface area is 88.6 Å². The molecule has 0 heterocycles. The molecule has 2 nitrogen and oxygen atoms in total. The first-order valence-corrected chi connectivity index (χ1v) is 5.84. The van der Waals surface area contributed by atoms with Gasteiger partial charge < -0.3 is 9.64 Å². The van der Waals surface area contributed by atoms with Gasteiger partial charge >= 0.3 is 0 Å². The summed E-state index contributed by atoms with van der Waals surface area (Å²) in [7, 11) is 4.37. The van der Waals surface area contributed by atoms with Crippen LogP contribution in [0.15, 0.2) is 0 Å². The predicted molar refractivity (Wildman–Crippen MR) is 60.5 cm³/mol. The maximum Gasteiger partial charge on any atom is 0.0593 e. The molecule has 1 aliphatic carbocycles. The number of hydrogen-bond acceptors (Lipinski definition) is 2. The third kappa shape index (κ3) is 2.96. The van der Waals surface area contributed by atoms with Crippen molar-refractivity contribution in [3.63, 3.8) is 0 Å². The second kappa shape index (κ2) is 5.13. The van der Waals surface area contributed by atoms with Crippen LogP contribution in [0.25, 0.3) is 0 Å². The maximum atomic E-state index is 5.89. The molecular weight excluding hydrogens is 174 g/mol. The molecule has 0 aromatic carbocycles. The van der Waals surface area contributed by atoms with Crippen molar-refractivity contribution in [2.45, 2.75) is 58.3 Å². The van der Waals surface area contributed by atoms with Gasteiger partial charge in [0.1, 0.15) is 0 Å². The number of nitrogens with zero attached hydrogens (tertiary/aromatic N) is 1. The van der Waals surface area contributed by atoms with Gasteiger partial charge in [-0.2, -0.15) is 0 Å².